The second kappa shape index (κ2) is 8.14. The Balaban J connectivity index is 2.86. The Hall–Kier alpha value is -1.40. The quantitative estimate of drug-likeness (QED) is 0.778. The molecule has 0 spiro atoms. The normalized spacial score (nSPS) is 13.5. The van der Waals surface area contributed by atoms with Gasteiger partial charge < -0.3 is 16.4 Å². The van der Waals surface area contributed by atoms with E-state index in [1.165, 1.54) is 4.90 Å². The highest BCUT2D eigenvalue weighted by molar-refractivity contribution is 9.10. The Morgan fingerprint density at radius 1 is 1.29 bits per heavy atom. The molecule has 1 aromatic rings. The fourth-order valence-corrected chi connectivity index (χ4v) is 2.18. The fourth-order valence-electron chi connectivity index (χ4n) is 1.92. The molecule has 0 bridgehead atoms. The summed E-state index contributed by atoms with van der Waals surface area (Å²) in [5.41, 5.74) is 12.1. The molecule has 0 aliphatic rings. The minimum Gasteiger partial charge on any atom is -0.368 e. The first-order chi connectivity index (χ1) is 9.85. The van der Waals surface area contributed by atoms with E-state index in [9.17, 15) is 9.59 Å². The first-order valence-electron chi connectivity index (χ1n) is 6.92. The number of rotatable bonds is 7. The van der Waals surface area contributed by atoms with Crippen molar-refractivity contribution in [2.75, 3.05) is 6.54 Å². The van der Waals surface area contributed by atoms with Gasteiger partial charge in [-0.25, -0.2) is 0 Å². The number of halogens is 1. The van der Waals surface area contributed by atoms with Crippen LogP contribution in [-0.4, -0.2) is 29.3 Å². The molecule has 0 aliphatic heterocycles. The van der Waals surface area contributed by atoms with E-state index >= 15 is 0 Å². The first-order valence-corrected chi connectivity index (χ1v) is 7.71. The van der Waals surface area contributed by atoms with Crippen LogP contribution in [0, 0.1) is 5.92 Å². The summed E-state index contributed by atoms with van der Waals surface area (Å²) in [4.78, 5) is 25.1. The lowest BCUT2D eigenvalue weighted by Gasteiger charge is -2.27. The molecule has 0 aliphatic carbocycles. The summed E-state index contributed by atoms with van der Waals surface area (Å²) in [5.74, 6) is -0.735. The average Bonchev–Trinajstić information content (AvgIpc) is 2.46. The van der Waals surface area contributed by atoms with Crippen LogP contribution in [0.3, 0.4) is 0 Å². The summed E-state index contributed by atoms with van der Waals surface area (Å²) >= 11 is 3.36. The van der Waals surface area contributed by atoms with Gasteiger partial charge in [0, 0.05) is 11.0 Å². The smallest absolute Gasteiger partial charge is 0.240 e. The van der Waals surface area contributed by atoms with Crippen molar-refractivity contribution >= 4 is 27.7 Å². The Bertz CT molecular complexity index is 490. The molecule has 0 aromatic heterocycles. The van der Waals surface area contributed by atoms with Crippen molar-refractivity contribution in [2.45, 2.75) is 32.9 Å². The molecule has 4 N–H and O–H groups in total. The van der Waals surface area contributed by atoms with Crippen molar-refractivity contribution in [3.63, 3.8) is 0 Å². The van der Waals surface area contributed by atoms with Gasteiger partial charge in [-0.1, -0.05) is 48.3 Å². The number of hydrogen-bond acceptors (Lipinski definition) is 3. The molecule has 0 saturated heterocycles. The van der Waals surface area contributed by atoms with E-state index in [-0.39, 0.29) is 18.4 Å². The minimum atomic E-state index is -0.621. The number of benzene rings is 1. The summed E-state index contributed by atoms with van der Waals surface area (Å²) in [6.45, 7) is 4.09. The monoisotopic (exact) mass is 355 g/mol. The summed E-state index contributed by atoms with van der Waals surface area (Å²) < 4.78 is 0.954. The van der Waals surface area contributed by atoms with Crippen LogP contribution in [0.1, 0.15) is 25.8 Å². The third-order valence-electron chi connectivity index (χ3n) is 3.49. The summed E-state index contributed by atoms with van der Waals surface area (Å²) in [7, 11) is 0. The van der Waals surface area contributed by atoms with E-state index in [0.29, 0.717) is 6.54 Å². The van der Waals surface area contributed by atoms with Crippen LogP contribution in [0.2, 0.25) is 0 Å². The first kappa shape index (κ1) is 17.7. The molecule has 5 nitrogen and oxygen atoms in total. The van der Waals surface area contributed by atoms with Gasteiger partial charge in [-0.05, 0) is 23.6 Å². The Kier molecular flexibility index (Phi) is 6.84. The van der Waals surface area contributed by atoms with Crippen LogP contribution in [-0.2, 0) is 16.1 Å². The predicted octanol–water partition coefficient (Wildman–Crippen LogP) is 1.64. The third kappa shape index (κ3) is 5.47. The molecule has 21 heavy (non-hydrogen) atoms. The molecule has 0 radical (unpaired) electrons. The second-order valence-corrected chi connectivity index (χ2v) is 6.11. The Morgan fingerprint density at radius 3 is 2.33 bits per heavy atom. The molecule has 2 amide bonds. The van der Waals surface area contributed by atoms with E-state index in [0.717, 1.165) is 16.5 Å². The Morgan fingerprint density at radius 2 is 1.86 bits per heavy atom. The molecule has 0 fully saturated rings. The standard InChI is InChI=1S/C15H22BrN3O2/c1-3-10(2)14(18)15(21)19(9-13(17)20)8-11-4-6-12(16)7-5-11/h4-7,10,14H,3,8-9,18H2,1-2H3,(H2,17,20)/t10-,14-/m0/s1. The number of hydrogen-bond donors (Lipinski definition) is 2. The lowest BCUT2D eigenvalue weighted by molar-refractivity contribution is -0.137. The zero-order valence-corrected chi connectivity index (χ0v) is 14.0. The summed E-state index contributed by atoms with van der Waals surface area (Å²) in [5, 5.41) is 0. The maximum atomic E-state index is 12.4. The lowest BCUT2D eigenvalue weighted by Crippen LogP contribution is -2.49. The molecule has 0 heterocycles. The summed E-state index contributed by atoms with van der Waals surface area (Å²) in [6.07, 6.45) is 0.801. The lowest BCUT2D eigenvalue weighted by atomic mass is 9.98. The second-order valence-electron chi connectivity index (χ2n) is 5.20. The van der Waals surface area contributed by atoms with E-state index < -0.39 is 11.9 Å². The van der Waals surface area contributed by atoms with Gasteiger partial charge in [0.2, 0.25) is 11.8 Å². The highest BCUT2D eigenvalue weighted by Crippen LogP contribution is 2.14. The van der Waals surface area contributed by atoms with Gasteiger partial charge in [-0.2, -0.15) is 0 Å². The molecule has 6 heteroatoms. The average molecular weight is 356 g/mol. The zero-order valence-electron chi connectivity index (χ0n) is 12.4. The van der Waals surface area contributed by atoms with E-state index in [1.807, 2.05) is 38.1 Å². The van der Waals surface area contributed by atoms with Crippen molar-refractivity contribution in [3.8, 4) is 0 Å². The third-order valence-corrected chi connectivity index (χ3v) is 4.02. The topological polar surface area (TPSA) is 89.4 Å². The van der Waals surface area contributed by atoms with Crippen LogP contribution < -0.4 is 11.5 Å². The molecular weight excluding hydrogens is 334 g/mol. The number of amides is 2. The van der Waals surface area contributed by atoms with Crippen molar-refractivity contribution < 1.29 is 9.59 Å². The number of nitrogens with zero attached hydrogens (tertiary/aromatic N) is 1. The number of carbonyl (C=O) groups is 2. The Labute approximate surface area is 133 Å². The van der Waals surface area contributed by atoms with Gasteiger partial charge in [-0.3, -0.25) is 9.59 Å². The molecule has 1 aromatic carbocycles. The molecule has 1 rings (SSSR count). The molecule has 0 unspecified atom stereocenters. The van der Waals surface area contributed by atoms with Crippen LogP contribution >= 0.6 is 15.9 Å². The van der Waals surface area contributed by atoms with Crippen LogP contribution in [0.5, 0.6) is 0 Å². The highest BCUT2D eigenvalue weighted by atomic mass is 79.9. The van der Waals surface area contributed by atoms with Crippen molar-refractivity contribution in [1.29, 1.82) is 0 Å². The largest absolute Gasteiger partial charge is 0.368 e. The van der Waals surface area contributed by atoms with Gasteiger partial charge in [0.25, 0.3) is 0 Å². The van der Waals surface area contributed by atoms with Crippen molar-refractivity contribution in [2.24, 2.45) is 17.4 Å². The maximum Gasteiger partial charge on any atom is 0.240 e. The van der Waals surface area contributed by atoms with Crippen molar-refractivity contribution in [1.82, 2.24) is 4.90 Å². The van der Waals surface area contributed by atoms with Crippen molar-refractivity contribution in [3.05, 3.63) is 34.3 Å². The van der Waals surface area contributed by atoms with E-state index in [2.05, 4.69) is 15.9 Å². The highest BCUT2D eigenvalue weighted by Gasteiger charge is 2.26. The molecule has 2 atom stereocenters. The summed E-state index contributed by atoms with van der Waals surface area (Å²) in [6, 6.07) is 6.93. The van der Waals surface area contributed by atoms with Gasteiger partial charge in [0.1, 0.15) is 0 Å². The zero-order chi connectivity index (χ0) is 16.0. The van der Waals surface area contributed by atoms with Gasteiger partial charge in [0.05, 0.1) is 12.6 Å². The maximum absolute atomic E-state index is 12.4. The van der Waals surface area contributed by atoms with Crippen LogP contribution in [0.15, 0.2) is 28.7 Å². The number of primary amides is 1. The van der Waals surface area contributed by atoms with E-state index in [4.69, 9.17) is 11.5 Å². The van der Waals surface area contributed by atoms with Gasteiger partial charge in [-0.15, -0.1) is 0 Å². The fraction of sp³-hybridized carbons (Fsp3) is 0.467. The van der Waals surface area contributed by atoms with E-state index in [1.54, 1.807) is 0 Å². The number of nitrogens with two attached hydrogens (primary N) is 2. The molecular formula is C15H22BrN3O2. The van der Waals surface area contributed by atoms with Crippen LogP contribution in [0.25, 0.3) is 0 Å². The molecule has 116 valence electrons. The minimum absolute atomic E-state index is 0.0535. The SMILES string of the molecule is CC[C@H](C)[C@H](N)C(=O)N(CC(N)=O)Cc1ccc(Br)cc1. The van der Waals surface area contributed by atoms with Gasteiger partial charge >= 0.3 is 0 Å². The predicted molar refractivity (Wildman–Crippen MR) is 86.2 cm³/mol. The van der Waals surface area contributed by atoms with Gasteiger partial charge in [0.15, 0.2) is 0 Å². The number of carbonyl (C=O) groups excluding carboxylic acids is 2. The molecule has 0 saturated carbocycles. The van der Waals surface area contributed by atoms with Crippen LogP contribution in [0.4, 0.5) is 0 Å².